The topological polar surface area (TPSA) is 58.1 Å². The summed E-state index contributed by atoms with van der Waals surface area (Å²) in [6.45, 7) is 3.01. The molecule has 0 radical (unpaired) electrons. The number of hydrogen-bond donors (Lipinski definition) is 1. The Kier molecular flexibility index (Phi) is 5.41. The molecule has 1 heterocycles. The van der Waals surface area contributed by atoms with Crippen LogP contribution in [0, 0.1) is 5.82 Å². The molecule has 1 amide bonds. The van der Waals surface area contributed by atoms with Crippen LogP contribution in [-0.2, 0) is 0 Å². The molecule has 0 saturated carbocycles. The molecule has 0 fully saturated rings. The van der Waals surface area contributed by atoms with Gasteiger partial charge in [-0.3, -0.25) is 4.79 Å². The molecule has 1 aromatic heterocycles. The molecule has 0 aliphatic carbocycles. The van der Waals surface area contributed by atoms with Gasteiger partial charge in [-0.25, -0.2) is 14.4 Å². The van der Waals surface area contributed by atoms with Crippen molar-refractivity contribution in [2.75, 3.05) is 23.8 Å². The Balaban J connectivity index is 2.02. The van der Waals surface area contributed by atoms with Gasteiger partial charge in [0.2, 0.25) is 0 Å². The second-order valence-electron chi connectivity index (χ2n) is 5.00. The molecule has 0 unspecified atom stereocenters. The fraction of sp³-hybridized carbons (Fsp3) is 0.312. The minimum Gasteiger partial charge on any atom is -0.358 e. The van der Waals surface area contributed by atoms with Crippen molar-refractivity contribution >= 4 is 17.4 Å². The van der Waals surface area contributed by atoms with Crippen LogP contribution in [0.2, 0.25) is 0 Å². The zero-order valence-corrected chi connectivity index (χ0v) is 12.7. The third kappa shape index (κ3) is 4.25. The SMILES string of the molecule is CCCCN(C)c1cnc(C(=O)Nc2cccc(F)c2)cn1. The quantitative estimate of drug-likeness (QED) is 0.891. The van der Waals surface area contributed by atoms with Gasteiger partial charge in [0, 0.05) is 19.3 Å². The van der Waals surface area contributed by atoms with Crippen LogP contribution < -0.4 is 10.2 Å². The molecule has 1 aromatic carbocycles. The summed E-state index contributed by atoms with van der Waals surface area (Å²) >= 11 is 0. The molecule has 0 aliphatic rings. The van der Waals surface area contributed by atoms with E-state index in [1.165, 1.54) is 24.4 Å². The summed E-state index contributed by atoms with van der Waals surface area (Å²) in [7, 11) is 1.94. The van der Waals surface area contributed by atoms with Crippen LogP contribution in [0.5, 0.6) is 0 Å². The summed E-state index contributed by atoms with van der Waals surface area (Å²) in [4.78, 5) is 22.4. The van der Waals surface area contributed by atoms with Crippen LogP contribution in [0.3, 0.4) is 0 Å². The third-order valence-electron chi connectivity index (χ3n) is 3.19. The normalized spacial score (nSPS) is 10.3. The highest BCUT2D eigenvalue weighted by atomic mass is 19.1. The number of carbonyl (C=O) groups is 1. The fourth-order valence-corrected chi connectivity index (χ4v) is 1.91. The molecule has 116 valence electrons. The van der Waals surface area contributed by atoms with E-state index in [0.29, 0.717) is 5.69 Å². The molecule has 0 saturated heterocycles. The van der Waals surface area contributed by atoms with Gasteiger partial charge in [0.25, 0.3) is 5.91 Å². The van der Waals surface area contributed by atoms with Crippen molar-refractivity contribution in [1.29, 1.82) is 0 Å². The number of carbonyl (C=O) groups excluding carboxylic acids is 1. The van der Waals surface area contributed by atoms with E-state index >= 15 is 0 Å². The van der Waals surface area contributed by atoms with Crippen molar-refractivity contribution in [3.05, 3.63) is 48.2 Å². The number of unbranched alkanes of at least 4 members (excludes halogenated alkanes) is 1. The number of benzene rings is 1. The summed E-state index contributed by atoms with van der Waals surface area (Å²) in [5.74, 6) is -0.103. The van der Waals surface area contributed by atoms with Gasteiger partial charge in [-0.15, -0.1) is 0 Å². The Labute approximate surface area is 129 Å². The lowest BCUT2D eigenvalue weighted by Gasteiger charge is -2.17. The van der Waals surface area contributed by atoms with E-state index in [4.69, 9.17) is 0 Å². The number of rotatable bonds is 6. The van der Waals surface area contributed by atoms with Crippen molar-refractivity contribution < 1.29 is 9.18 Å². The maximum absolute atomic E-state index is 13.1. The smallest absolute Gasteiger partial charge is 0.275 e. The molecule has 22 heavy (non-hydrogen) atoms. The Morgan fingerprint density at radius 2 is 2.14 bits per heavy atom. The lowest BCUT2D eigenvalue weighted by molar-refractivity contribution is 0.102. The maximum atomic E-state index is 13.1. The van der Waals surface area contributed by atoms with Gasteiger partial charge in [0.1, 0.15) is 17.3 Å². The number of aromatic nitrogens is 2. The van der Waals surface area contributed by atoms with E-state index < -0.39 is 11.7 Å². The molecular weight excluding hydrogens is 283 g/mol. The Morgan fingerprint density at radius 1 is 1.32 bits per heavy atom. The molecule has 0 aliphatic heterocycles. The first-order chi connectivity index (χ1) is 10.6. The average Bonchev–Trinajstić information content (AvgIpc) is 2.52. The number of nitrogens with one attached hydrogen (secondary N) is 1. The second kappa shape index (κ2) is 7.49. The maximum Gasteiger partial charge on any atom is 0.275 e. The summed E-state index contributed by atoms with van der Waals surface area (Å²) in [5, 5.41) is 2.59. The van der Waals surface area contributed by atoms with Crippen LogP contribution in [0.15, 0.2) is 36.7 Å². The van der Waals surface area contributed by atoms with Crippen molar-refractivity contribution in [2.45, 2.75) is 19.8 Å². The Bertz CT molecular complexity index is 630. The first kappa shape index (κ1) is 15.9. The highest BCUT2D eigenvalue weighted by molar-refractivity contribution is 6.02. The third-order valence-corrected chi connectivity index (χ3v) is 3.19. The zero-order chi connectivity index (χ0) is 15.9. The van der Waals surface area contributed by atoms with E-state index in [-0.39, 0.29) is 5.69 Å². The van der Waals surface area contributed by atoms with Crippen LogP contribution in [0.25, 0.3) is 0 Å². The molecule has 1 N–H and O–H groups in total. The molecule has 0 bridgehead atoms. The standard InChI is InChI=1S/C16H19FN4O/c1-3-4-8-21(2)15-11-18-14(10-19-15)16(22)20-13-7-5-6-12(17)9-13/h5-7,9-11H,3-4,8H2,1-2H3,(H,20,22). The summed E-state index contributed by atoms with van der Waals surface area (Å²) in [6, 6.07) is 5.71. The highest BCUT2D eigenvalue weighted by Crippen LogP contribution is 2.12. The number of anilines is 2. The first-order valence-corrected chi connectivity index (χ1v) is 7.20. The summed E-state index contributed by atoms with van der Waals surface area (Å²) in [5.41, 5.74) is 0.577. The van der Waals surface area contributed by atoms with E-state index in [9.17, 15) is 9.18 Å². The number of halogens is 1. The fourth-order valence-electron chi connectivity index (χ4n) is 1.91. The van der Waals surface area contributed by atoms with Gasteiger partial charge in [-0.2, -0.15) is 0 Å². The summed E-state index contributed by atoms with van der Waals surface area (Å²) in [6.07, 6.45) is 5.16. The molecule has 5 nitrogen and oxygen atoms in total. The van der Waals surface area contributed by atoms with Crippen LogP contribution in [0.1, 0.15) is 30.3 Å². The van der Waals surface area contributed by atoms with Gasteiger partial charge in [-0.05, 0) is 24.6 Å². The molecule has 2 rings (SSSR count). The van der Waals surface area contributed by atoms with Gasteiger partial charge < -0.3 is 10.2 Å². The molecule has 0 spiro atoms. The van der Waals surface area contributed by atoms with Crippen LogP contribution >= 0.6 is 0 Å². The minimum atomic E-state index is -0.416. The molecule has 0 atom stereocenters. The second-order valence-corrected chi connectivity index (χ2v) is 5.00. The first-order valence-electron chi connectivity index (χ1n) is 7.20. The van der Waals surface area contributed by atoms with Gasteiger partial charge >= 0.3 is 0 Å². The average molecular weight is 302 g/mol. The van der Waals surface area contributed by atoms with E-state index in [1.54, 1.807) is 12.3 Å². The zero-order valence-electron chi connectivity index (χ0n) is 12.7. The van der Waals surface area contributed by atoms with Crippen molar-refractivity contribution in [3.8, 4) is 0 Å². The predicted molar refractivity (Wildman–Crippen MR) is 84.6 cm³/mol. The van der Waals surface area contributed by atoms with Crippen molar-refractivity contribution in [1.82, 2.24) is 9.97 Å². The lowest BCUT2D eigenvalue weighted by Crippen LogP contribution is -2.21. The molecular formula is C16H19FN4O. The van der Waals surface area contributed by atoms with Crippen LogP contribution in [0.4, 0.5) is 15.9 Å². The highest BCUT2D eigenvalue weighted by Gasteiger charge is 2.10. The van der Waals surface area contributed by atoms with Crippen molar-refractivity contribution in [2.24, 2.45) is 0 Å². The Morgan fingerprint density at radius 3 is 2.77 bits per heavy atom. The predicted octanol–water partition coefficient (Wildman–Crippen LogP) is 3.10. The van der Waals surface area contributed by atoms with Gasteiger partial charge in [-0.1, -0.05) is 19.4 Å². The molecule has 2 aromatic rings. The lowest BCUT2D eigenvalue weighted by atomic mass is 10.3. The Hall–Kier alpha value is -2.50. The largest absolute Gasteiger partial charge is 0.358 e. The number of amides is 1. The number of hydrogen-bond acceptors (Lipinski definition) is 4. The monoisotopic (exact) mass is 302 g/mol. The van der Waals surface area contributed by atoms with E-state index in [1.807, 2.05) is 11.9 Å². The molecule has 6 heteroatoms. The van der Waals surface area contributed by atoms with Gasteiger partial charge in [0.05, 0.1) is 12.4 Å². The van der Waals surface area contributed by atoms with E-state index in [0.717, 1.165) is 25.2 Å². The van der Waals surface area contributed by atoms with Gasteiger partial charge in [0.15, 0.2) is 0 Å². The minimum absolute atomic E-state index is 0.192. The van der Waals surface area contributed by atoms with Crippen LogP contribution in [-0.4, -0.2) is 29.5 Å². The summed E-state index contributed by atoms with van der Waals surface area (Å²) < 4.78 is 13.1. The van der Waals surface area contributed by atoms with Crippen molar-refractivity contribution in [3.63, 3.8) is 0 Å². The number of nitrogens with zero attached hydrogens (tertiary/aromatic N) is 3. The van der Waals surface area contributed by atoms with E-state index in [2.05, 4.69) is 22.2 Å².